The van der Waals surface area contributed by atoms with Crippen LogP contribution in [-0.2, 0) is 25.7 Å². The molecule has 2 N–H and O–H groups in total. The van der Waals surface area contributed by atoms with Gasteiger partial charge in [0.1, 0.15) is 11.6 Å². The van der Waals surface area contributed by atoms with E-state index in [2.05, 4.69) is 10.6 Å². The second-order valence-electron chi connectivity index (χ2n) is 11.0. The summed E-state index contributed by atoms with van der Waals surface area (Å²) in [5.41, 5.74) is 1.46. The molecule has 3 heterocycles. The third-order valence-corrected chi connectivity index (χ3v) is 8.71. The largest absolute Gasteiger partial charge is 0.359 e. The van der Waals surface area contributed by atoms with Crippen molar-refractivity contribution in [1.82, 2.24) is 10.2 Å². The molecule has 2 aromatic rings. The minimum absolute atomic E-state index is 0.0922. The lowest BCUT2D eigenvalue weighted by atomic mass is 9.74. The van der Waals surface area contributed by atoms with Gasteiger partial charge in [-0.25, -0.2) is 0 Å². The number of benzene rings is 2. The molecule has 0 radical (unpaired) electrons. The van der Waals surface area contributed by atoms with Gasteiger partial charge in [-0.3, -0.25) is 14.4 Å². The molecule has 2 bridgehead atoms. The van der Waals surface area contributed by atoms with E-state index in [-0.39, 0.29) is 30.3 Å². The van der Waals surface area contributed by atoms with Crippen molar-refractivity contribution in [2.45, 2.75) is 69.4 Å². The van der Waals surface area contributed by atoms with E-state index in [9.17, 15) is 14.4 Å². The fourth-order valence-electron chi connectivity index (χ4n) is 6.61. The van der Waals surface area contributed by atoms with Crippen LogP contribution in [0.2, 0.25) is 5.02 Å². The highest BCUT2D eigenvalue weighted by Gasteiger charge is 2.72. The van der Waals surface area contributed by atoms with Gasteiger partial charge in [-0.1, -0.05) is 72.8 Å². The number of hydrogen-bond donors (Lipinski definition) is 2. The number of amides is 3. The summed E-state index contributed by atoms with van der Waals surface area (Å²) in [7, 11) is 0. The molecule has 0 unspecified atom stereocenters. The van der Waals surface area contributed by atoms with E-state index in [0.29, 0.717) is 10.7 Å². The van der Waals surface area contributed by atoms with Crippen molar-refractivity contribution in [2.75, 3.05) is 5.32 Å². The molecule has 38 heavy (non-hydrogen) atoms. The van der Waals surface area contributed by atoms with E-state index in [1.807, 2.05) is 43.3 Å². The van der Waals surface area contributed by atoms with E-state index in [1.54, 1.807) is 29.2 Å². The third kappa shape index (κ3) is 4.31. The van der Waals surface area contributed by atoms with Crippen molar-refractivity contribution in [2.24, 2.45) is 11.8 Å². The molecular weight excluding hydrogens is 502 g/mol. The van der Waals surface area contributed by atoms with Gasteiger partial charge in [0, 0.05) is 23.3 Å². The Morgan fingerprint density at radius 2 is 1.74 bits per heavy atom. The molecule has 5 atom stereocenters. The van der Waals surface area contributed by atoms with E-state index in [4.69, 9.17) is 16.3 Å². The van der Waals surface area contributed by atoms with Crippen LogP contribution in [0.3, 0.4) is 0 Å². The topological polar surface area (TPSA) is 87.7 Å². The summed E-state index contributed by atoms with van der Waals surface area (Å²) < 4.78 is 6.44. The Hall–Kier alpha value is -3.16. The number of fused-ring (bicyclic) bond motifs is 1. The Labute approximate surface area is 227 Å². The highest BCUT2D eigenvalue weighted by Crippen LogP contribution is 2.55. The summed E-state index contributed by atoms with van der Waals surface area (Å²) in [5.74, 6) is -2.25. The van der Waals surface area contributed by atoms with Crippen molar-refractivity contribution in [1.29, 1.82) is 0 Å². The minimum Gasteiger partial charge on any atom is -0.359 e. The SMILES string of the molecule is Cc1ccc(CN2C(=O)[C@H]3[C@@H](C(=O)Nc4ccc(Cl)cc4)[C@H]4C=C[C@@]3(O4)[C@H]2C(=O)NC2CCCCC2)cc1. The molecule has 1 spiro atoms. The molecule has 3 amide bonds. The van der Waals surface area contributed by atoms with Gasteiger partial charge in [-0.15, -0.1) is 0 Å². The lowest BCUT2D eigenvalue weighted by molar-refractivity contribution is -0.142. The number of hydrogen-bond acceptors (Lipinski definition) is 4. The maximum atomic E-state index is 14.1. The maximum Gasteiger partial charge on any atom is 0.246 e. The molecule has 1 saturated carbocycles. The van der Waals surface area contributed by atoms with Crippen LogP contribution in [0.25, 0.3) is 0 Å². The molecule has 7 nitrogen and oxygen atoms in total. The number of carbonyl (C=O) groups excluding carboxylic acids is 3. The van der Waals surface area contributed by atoms with Gasteiger partial charge < -0.3 is 20.3 Å². The molecule has 2 aromatic carbocycles. The predicted octanol–water partition coefficient (Wildman–Crippen LogP) is 4.39. The average Bonchev–Trinajstić information content (AvgIpc) is 3.55. The van der Waals surface area contributed by atoms with Crippen molar-refractivity contribution >= 4 is 35.0 Å². The van der Waals surface area contributed by atoms with E-state index in [1.165, 1.54) is 6.42 Å². The Morgan fingerprint density at radius 3 is 2.45 bits per heavy atom. The fourth-order valence-corrected chi connectivity index (χ4v) is 6.74. The number of rotatable bonds is 6. The molecule has 1 aliphatic carbocycles. The monoisotopic (exact) mass is 533 g/mol. The smallest absolute Gasteiger partial charge is 0.246 e. The van der Waals surface area contributed by atoms with Gasteiger partial charge in [0.2, 0.25) is 17.7 Å². The van der Waals surface area contributed by atoms with Crippen LogP contribution < -0.4 is 10.6 Å². The van der Waals surface area contributed by atoms with Crippen LogP contribution in [0.5, 0.6) is 0 Å². The number of halogens is 1. The van der Waals surface area contributed by atoms with Crippen LogP contribution in [0, 0.1) is 18.8 Å². The number of nitrogens with one attached hydrogen (secondary N) is 2. The van der Waals surface area contributed by atoms with Crippen LogP contribution in [0.1, 0.15) is 43.2 Å². The van der Waals surface area contributed by atoms with Crippen LogP contribution in [0.4, 0.5) is 5.69 Å². The molecule has 2 saturated heterocycles. The zero-order chi connectivity index (χ0) is 26.4. The number of ether oxygens (including phenoxy) is 1. The molecule has 4 aliphatic rings. The van der Waals surface area contributed by atoms with Gasteiger partial charge in [0.05, 0.1) is 17.9 Å². The number of likely N-dealkylation sites (tertiary alicyclic amines) is 1. The number of aryl methyl sites for hydroxylation is 1. The Balaban J connectivity index is 1.32. The van der Waals surface area contributed by atoms with Gasteiger partial charge in [-0.05, 0) is 49.6 Å². The molecule has 0 aromatic heterocycles. The van der Waals surface area contributed by atoms with E-state index >= 15 is 0 Å². The van der Waals surface area contributed by atoms with Crippen LogP contribution >= 0.6 is 11.6 Å². The first-order valence-electron chi connectivity index (χ1n) is 13.5. The Kier molecular flexibility index (Phi) is 6.52. The summed E-state index contributed by atoms with van der Waals surface area (Å²) in [4.78, 5) is 43.2. The normalized spacial score (nSPS) is 29.9. The number of anilines is 1. The summed E-state index contributed by atoms with van der Waals surface area (Å²) in [6, 6.07) is 14.0. The standard InChI is InChI=1S/C30H32ClN3O4/c1-18-7-9-19(10-8-18)17-34-26(28(36)33-21-5-3-2-4-6-21)30-16-15-23(38-30)24(25(30)29(34)37)27(35)32-22-13-11-20(31)12-14-22/h7-16,21,23-26H,2-6,17H2,1H3,(H,32,35)(H,33,36)/t23-,24+,25-,26-,30+/m1/s1. The predicted molar refractivity (Wildman–Crippen MR) is 144 cm³/mol. The summed E-state index contributed by atoms with van der Waals surface area (Å²) >= 11 is 5.99. The fraction of sp³-hybridized carbons (Fsp3) is 0.433. The van der Waals surface area contributed by atoms with Gasteiger partial charge >= 0.3 is 0 Å². The molecule has 6 rings (SSSR count). The van der Waals surface area contributed by atoms with E-state index < -0.39 is 29.6 Å². The highest BCUT2D eigenvalue weighted by molar-refractivity contribution is 6.30. The molecule has 8 heteroatoms. The first-order valence-corrected chi connectivity index (χ1v) is 13.8. The minimum atomic E-state index is -1.17. The average molecular weight is 534 g/mol. The second kappa shape index (κ2) is 9.86. The summed E-state index contributed by atoms with van der Waals surface area (Å²) in [6.45, 7) is 2.28. The first kappa shape index (κ1) is 25.1. The zero-order valence-corrected chi connectivity index (χ0v) is 22.1. The lowest BCUT2D eigenvalue weighted by Crippen LogP contribution is -2.56. The van der Waals surface area contributed by atoms with E-state index in [0.717, 1.165) is 36.8 Å². The highest BCUT2D eigenvalue weighted by atomic mass is 35.5. The molecule has 3 aliphatic heterocycles. The quantitative estimate of drug-likeness (QED) is 0.539. The van der Waals surface area contributed by atoms with Crippen molar-refractivity contribution in [3.63, 3.8) is 0 Å². The number of carbonyl (C=O) groups is 3. The summed E-state index contributed by atoms with van der Waals surface area (Å²) in [6.07, 6.45) is 8.35. The Morgan fingerprint density at radius 1 is 1.03 bits per heavy atom. The zero-order valence-electron chi connectivity index (χ0n) is 21.4. The van der Waals surface area contributed by atoms with Crippen LogP contribution in [-0.4, -0.2) is 46.4 Å². The number of nitrogens with zero attached hydrogens (tertiary/aromatic N) is 1. The van der Waals surface area contributed by atoms with Crippen molar-refractivity contribution < 1.29 is 19.1 Å². The molecular formula is C30H32ClN3O4. The van der Waals surface area contributed by atoms with Gasteiger partial charge in [0.15, 0.2) is 0 Å². The van der Waals surface area contributed by atoms with Gasteiger partial charge in [0.25, 0.3) is 0 Å². The first-order chi connectivity index (χ1) is 18.4. The van der Waals surface area contributed by atoms with Crippen LogP contribution in [0.15, 0.2) is 60.7 Å². The van der Waals surface area contributed by atoms with Crippen molar-refractivity contribution in [3.05, 3.63) is 76.8 Å². The van der Waals surface area contributed by atoms with Gasteiger partial charge in [-0.2, -0.15) is 0 Å². The van der Waals surface area contributed by atoms with Crippen molar-refractivity contribution in [3.8, 4) is 0 Å². The third-order valence-electron chi connectivity index (χ3n) is 8.46. The maximum absolute atomic E-state index is 14.1. The second-order valence-corrected chi connectivity index (χ2v) is 11.4. The lowest BCUT2D eigenvalue weighted by Gasteiger charge is -2.34. The molecule has 198 valence electrons. The molecule has 3 fully saturated rings. The summed E-state index contributed by atoms with van der Waals surface area (Å²) in [5, 5.41) is 6.72. The Bertz CT molecular complexity index is 1270.